The van der Waals surface area contributed by atoms with Gasteiger partial charge in [0.1, 0.15) is 0 Å². The van der Waals surface area contributed by atoms with Gasteiger partial charge in [-0.2, -0.15) is 0 Å². The average Bonchev–Trinajstić information content (AvgIpc) is 1.87. The van der Waals surface area contributed by atoms with E-state index in [1.807, 2.05) is 0 Å². The largest absolute Gasteiger partial charge is 0.391 e. The van der Waals surface area contributed by atoms with Gasteiger partial charge in [-0.3, -0.25) is 4.79 Å². The maximum Gasteiger partial charge on any atom is 0.157 e. The van der Waals surface area contributed by atoms with Crippen molar-refractivity contribution >= 4 is 17.4 Å². The normalized spacial score (nSPS) is 12.7. The minimum Gasteiger partial charge on any atom is -0.391 e. The van der Waals surface area contributed by atoms with Crippen LogP contribution in [0.3, 0.4) is 0 Å². The Balaban J connectivity index is 3.46. The molecule has 0 aliphatic rings. The molecule has 2 nitrogen and oxygen atoms in total. The zero-order chi connectivity index (χ0) is 7.28. The molecule has 0 saturated carbocycles. The number of aliphatic hydroxyl groups excluding tert-OH is 1. The van der Waals surface area contributed by atoms with Crippen LogP contribution in [0.15, 0.2) is 12.7 Å². The number of aliphatic hydroxyl groups is 1. The van der Waals surface area contributed by atoms with Crippen molar-refractivity contribution in [1.82, 2.24) is 0 Å². The molecule has 0 spiro atoms. The van der Waals surface area contributed by atoms with Gasteiger partial charge in [0.15, 0.2) is 5.78 Å². The van der Waals surface area contributed by atoms with Crippen molar-refractivity contribution in [3.63, 3.8) is 0 Å². The van der Waals surface area contributed by atoms with Gasteiger partial charge < -0.3 is 5.11 Å². The van der Waals surface area contributed by atoms with E-state index in [9.17, 15) is 4.79 Å². The van der Waals surface area contributed by atoms with Gasteiger partial charge in [-0.05, 0) is 6.08 Å². The van der Waals surface area contributed by atoms with Crippen molar-refractivity contribution in [3.8, 4) is 0 Å². The van der Waals surface area contributed by atoms with E-state index in [1.54, 1.807) is 0 Å². The molecule has 0 heterocycles. The van der Waals surface area contributed by atoms with Crippen LogP contribution in [0.4, 0.5) is 0 Å². The Morgan fingerprint density at radius 2 is 2.44 bits per heavy atom. The first kappa shape index (κ1) is 8.66. The maximum absolute atomic E-state index is 10.4. The minimum atomic E-state index is -0.725. The summed E-state index contributed by atoms with van der Waals surface area (Å²) in [6.45, 7) is 3.24. The number of hydrogen-bond acceptors (Lipinski definition) is 2. The second kappa shape index (κ2) is 4.53. The summed E-state index contributed by atoms with van der Waals surface area (Å²) in [5.74, 6) is -0.0808. The lowest BCUT2D eigenvalue weighted by molar-refractivity contribution is -0.116. The Labute approximate surface area is 59.1 Å². The number of ketones is 1. The van der Waals surface area contributed by atoms with Crippen LogP contribution in [0.25, 0.3) is 0 Å². The molecule has 0 rings (SSSR count). The first-order valence-corrected chi connectivity index (χ1v) is 3.13. The van der Waals surface area contributed by atoms with Crippen molar-refractivity contribution in [2.45, 2.75) is 12.5 Å². The van der Waals surface area contributed by atoms with E-state index >= 15 is 0 Å². The molecule has 52 valence electrons. The fourth-order valence-electron chi connectivity index (χ4n) is 0.370. The van der Waals surface area contributed by atoms with Crippen molar-refractivity contribution in [2.75, 3.05) is 5.88 Å². The molecule has 0 amide bonds. The predicted molar refractivity (Wildman–Crippen MR) is 36.5 cm³/mol. The highest BCUT2D eigenvalue weighted by Crippen LogP contribution is 1.95. The lowest BCUT2D eigenvalue weighted by Gasteiger charge is -2.00. The molecular weight excluding hydrogens is 140 g/mol. The maximum atomic E-state index is 10.4. The Kier molecular flexibility index (Phi) is 4.36. The monoisotopic (exact) mass is 148 g/mol. The van der Waals surface area contributed by atoms with Crippen LogP contribution in [0.1, 0.15) is 6.42 Å². The van der Waals surface area contributed by atoms with Crippen LogP contribution in [0.5, 0.6) is 0 Å². The number of alkyl halides is 1. The van der Waals surface area contributed by atoms with Gasteiger partial charge >= 0.3 is 0 Å². The highest BCUT2D eigenvalue weighted by molar-refractivity contribution is 6.18. The zero-order valence-corrected chi connectivity index (χ0v) is 5.77. The van der Waals surface area contributed by atoms with E-state index in [0.717, 1.165) is 0 Å². The summed E-state index contributed by atoms with van der Waals surface area (Å²) < 4.78 is 0. The topological polar surface area (TPSA) is 37.3 Å². The van der Waals surface area contributed by atoms with Gasteiger partial charge in [0.25, 0.3) is 0 Å². The van der Waals surface area contributed by atoms with Gasteiger partial charge in [-0.25, -0.2) is 0 Å². The van der Waals surface area contributed by atoms with Gasteiger partial charge in [-0.15, -0.1) is 11.6 Å². The smallest absolute Gasteiger partial charge is 0.157 e. The van der Waals surface area contributed by atoms with Crippen LogP contribution in [-0.2, 0) is 4.79 Å². The highest BCUT2D eigenvalue weighted by atomic mass is 35.5. The molecule has 1 atom stereocenters. The molecule has 0 aromatic rings. The summed E-state index contributed by atoms with van der Waals surface area (Å²) in [5.41, 5.74) is 0. The molecule has 0 unspecified atom stereocenters. The molecule has 9 heavy (non-hydrogen) atoms. The molecule has 0 fully saturated rings. The summed E-state index contributed by atoms with van der Waals surface area (Å²) in [6, 6.07) is 0. The summed E-state index contributed by atoms with van der Waals surface area (Å²) >= 11 is 5.22. The van der Waals surface area contributed by atoms with Crippen LogP contribution in [-0.4, -0.2) is 22.9 Å². The van der Waals surface area contributed by atoms with Crippen LogP contribution in [0, 0.1) is 0 Å². The van der Waals surface area contributed by atoms with Crippen LogP contribution < -0.4 is 0 Å². The fraction of sp³-hybridized carbons (Fsp3) is 0.500. The third kappa shape index (κ3) is 4.18. The Morgan fingerprint density at radius 1 is 1.89 bits per heavy atom. The van der Waals surface area contributed by atoms with Crippen molar-refractivity contribution in [3.05, 3.63) is 12.7 Å². The summed E-state index contributed by atoms with van der Waals surface area (Å²) in [4.78, 5) is 10.4. The summed E-state index contributed by atoms with van der Waals surface area (Å²) in [5, 5.41) is 8.76. The SMILES string of the molecule is C=CC(=O)C[C@H](O)CCl. The number of hydrogen-bond donors (Lipinski definition) is 1. The minimum absolute atomic E-state index is 0.0764. The van der Waals surface area contributed by atoms with Crippen molar-refractivity contribution in [2.24, 2.45) is 0 Å². The second-order valence-corrected chi connectivity index (χ2v) is 1.99. The van der Waals surface area contributed by atoms with Crippen molar-refractivity contribution in [1.29, 1.82) is 0 Å². The zero-order valence-electron chi connectivity index (χ0n) is 5.01. The molecule has 0 bridgehead atoms. The third-order valence-electron chi connectivity index (χ3n) is 0.843. The first-order valence-electron chi connectivity index (χ1n) is 2.60. The molecule has 0 aliphatic carbocycles. The van der Waals surface area contributed by atoms with Gasteiger partial charge in [0, 0.05) is 12.3 Å². The quantitative estimate of drug-likeness (QED) is 0.472. The summed E-state index contributed by atoms with van der Waals surface area (Å²) in [6.07, 6.45) is 0.528. The first-order chi connectivity index (χ1) is 4.20. The van der Waals surface area contributed by atoms with E-state index in [1.165, 1.54) is 6.08 Å². The molecule has 0 radical (unpaired) electrons. The number of halogens is 1. The van der Waals surface area contributed by atoms with Crippen LogP contribution in [0.2, 0.25) is 0 Å². The number of rotatable bonds is 4. The van der Waals surface area contributed by atoms with E-state index < -0.39 is 6.10 Å². The standard InChI is InChI=1S/C6H9ClO2/c1-2-5(8)3-6(9)4-7/h2,6,9H,1,3-4H2/t6-/m0/s1. The molecular formula is C6H9ClO2. The van der Waals surface area contributed by atoms with Crippen molar-refractivity contribution < 1.29 is 9.90 Å². The highest BCUT2D eigenvalue weighted by Gasteiger charge is 2.04. The van der Waals surface area contributed by atoms with Gasteiger partial charge in [-0.1, -0.05) is 6.58 Å². The number of allylic oxidation sites excluding steroid dienone is 1. The third-order valence-corrected chi connectivity index (χ3v) is 1.20. The summed E-state index contributed by atoms with van der Waals surface area (Å²) in [7, 11) is 0. The van der Waals surface area contributed by atoms with E-state index in [4.69, 9.17) is 16.7 Å². The molecule has 0 aliphatic heterocycles. The van der Waals surface area contributed by atoms with Crippen LogP contribution >= 0.6 is 11.6 Å². The Morgan fingerprint density at radius 3 is 2.78 bits per heavy atom. The van der Waals surface area contributed by atoms with E-state index in [2.05, 4.69) is 6.58 Å². The van der Waals surface area contributed by atoms with E-state index in [-0.39, 0.29) is 18.1 Å². The Bertz CT molecular complexity index is 112. The van der Waals surface area contributed by atoms with Gasteiger partial charge in [0.05, 0.1) is 6.10 Å². The average molecular weight is 149 g/mol. The predicted octanol–water partition coefficient (Wildman–Crippen LogP) is 0.731. The number of carbonyl (C=O) groups is 1. The molecule has 0 saturated heterocycles. The fourth-order valence-corrected chi connectivity index (χ4v) is 0.479. The lowest BCUT2D eigenvalue weighted by Crippen LogP contribution is -2.12. The Hall–Kier alpha value is -0.340. The molecule has 0 aromatic heterocycles. The number of carbonyl (C=O) groups excluding carboxylic acids is 1. The van der Waals surface area contributed by atoms with E-state index in [0.29, 0.717) is 0 Å². The van der Waals surface area contributed by atoms with Gasteiger partial charge in [0.2, 0.25) is 0 Å². The second-order valence-electron chi connectivity index (χ2n) is 1.68. The lowest BCUT2D eigenvalue weighted by atomic mass is 10.2. The molecule has 0 aromatic carbocycles. The molecule has 3 heteroatoms. The molecule has 1 N–H and O–H groups in total.